The number of hydrogen-bond donors (Lipinski definition) is 2. The molecule has 2 N–H and O–H groups in total. The average Bonchev–Trinajstić information content (AvgIpc) is 2.96. The Morgan fingerprint density at radius 1 is 0.886 bits per heavy atom. The van der Waals surface area contributed by atoms with Crippen molar-refractivity contribution in [1.82, 2.24) is 14.9 Å². The zero-order valence-electron chi connectivity index (χ0n) is 28.0. The van der Waals surface area contributed by atoms with Crippen LogP contribution in [0.1, 0.15) is 80.8 Å². The maximum absolute atomic E-state index is 14.0. The average molecular weight is 636 g/mol. The number of hydrogen-bond acceptors (Lipinski definition) is 9. The fourth-order valence-corrected chi connectivity index (χ4v) is 6.51. The zero-order valence-corrected chi connectivity index (χ0v) is 28.9. The molecule has 12 heteroatoms. The van der Waals surface area contributed by atoms with Crippen molar-refractivity contribution in [1.29, 1.82) is 0 Å². The smallest absolute Gasteiger partial charge is 0.333 e. The van der Waals surface area contributed by atoms with Crippen molar-refractivity contribution in [2.75, 3.05) is 33.7 Å². The van der Waals surface area contributed by atoms with E-state index in [0.717, 1.165) is 38.3 Å². The summed E-state index contributed by atoms with van der Waals surface area (Å²) >= 11 is 0. The van der Waals surface area contributed by atoms with Gasteiger partial charge < -0.3 is 24.2 Å². The molecule has 0 spiro atoms. The highest BCUT2D eigenvalue weighted by Gasteiger charge is 2.42. The molecule has 0 heterocycles. The number of hydrazine groups is 2. The summed E-state index contributed by atoms with van der Waals surface area (Å²) in [6.07, 6.45) is 0.0275. The molecule has 0 saturated heterocycles. The number of likely N-dealkylation sites (N-methyl/N-ethyl adjacent to an activating group) is 2. The number of esters is 2. The van der Waals surface area contributed by atoms with Gasteiger partial charge in [-0.3, -0.25) is 14.2 Å². The van der Waals surface area contributed by atoms with E-state index in [1.54, 1.807) is 33.8 Å². The van der Waals surface area contributed by atoms with Crippen LogP contribution in [-0.2, 0) is 30.0 Å². The molecule has 0 radical (unpaired) electrons. The summed E-state index contributed by atoms with van der Waals surface area (Å²) in [6, 6.07) is 5.61. The lowest BCUT2D eigenvalue weighted by Crippen LogP contribution is -2.57. The van der Waals surface area contributed by atoms with Crippen molar-refractivity contribution in [2.45, 2.75) is 86.7 Å². The number of phenolic OH excluding ortho intramolecular Hbond substituents is 1. The van der Waals surface area contributed by atoms with Crippen molar-refractivity contribution in [2.24, 2.45) is 0 Å². The SMILES string of the molecule is CCOC(=O)C(C)N(C)N(N(C)C(C)C(=O)OCC)P(=O)(O)COc1cc(C)c(Cc2ccc(O)c(C(C)C)c2)c(C)c1C. The van der Waals surface area contributed by atoms with Crippen LogP contribution in [0.3, 0.4) is 0 Å². The summed E-state index contributed by atoms with van der Waals surface area (Å²) in [4.78, 5) is 37.5. The number of phenols is 1. The Labute approximate surface area is 262 Å². The Bertz CT molecular complexity index is 1340. The second-order valence-corrected chi connectivity index (χ2v) is 13.3. The molecule has 0 saturated carbocycles. The van der Waals surface area contributed by atoms with Crippen LogP contribution in [-0.4, -0.2) is 82.6 Å². The third kappa shape index (κ3) is 8.82. The lowest BCUT2D eigenvalue weighted by molar-refractivity contribution is -0.177. The van der Waals surface area contributed by atoms with E-state index in [1.807, 2.05) is 52.8 Å². The van der Waals surface area contributed by atoms with E-state index < -0.39 is 37.9 Å². The van der Waals surface area contributed by atoms with Crippen LogP contribution in [0, 0.1) is 20.8 Å². The molecule has 2 aromatic rings. The van der Waals surface area contributed by atoms with Gasteiger partial charge in [-0.2, -0.15) is 0 Å². The molecule has 0 aromatic heterocycles. The Morgan fingerprint density at radius 3 is 1.89 bits per heavy atom. The summed E-state index contributed by atoms with van der Waals surface area (Å²) in [5.74, 6) is -0.269. The van der Waals surface area contributed by atoms with E-state index in [0.29, 0.717) is 12.2 Å². The molecule has 246 valence electrons. The van der Waals surface area contributed by atoms with Crippen LogP contribution in [0.25, 0.3) is 0 Å². The first-order chi connectivity index (χ1) is 20.5. The predicted molar refractivity (Wildman–Crippen MR) is 171 cm³/mol. The standard InChI is InChI=1S/C32H50N3O8P/c1-12-41-31(37)24(8)33(10)35(34(11)25(9)32(38)42-13-2)44(39,40)19-43-30-16-21(5)28(22(6)23(30)7)18-26-14-15-29(36)27(17-26)20(3)4/h14-17,20,24-25,36H,12-13,18-19H2,1-11H3,(H,39,40). The van der Waals surface area contributed by atoms with Gasteiger partial charge in [0.15, 0.2) is 6.35 Å². The summed E-state index contributed by atoms with van der Waals surface area (Å²) in [7, 11) is -1.47. The Kier molecular flexibility index (Phi) is 13.4. The normalized spacial score (nSPS) is 14.5. The molecule has 2 aromatic carbocycles. The van der Waals surface area contributed by atoms with Gasteiger partial charge in [0.05, 0.1) is 13.2 Å². The molecule has 3 unspecified atom stereocenters. The number of benzene rings is 2. The monoisotopic (exact) mass is 635 g/mol. The van der Waals surface area contributed by atoms with Gasteiger partial charge in [-0.1, -0.05) is 30.9 Å². The first-order valence-corrected chi connectivity index (χ1v) is 16.7. The highest BCUT2D eigenvalue weighted by atomic mass is 31.2. The van der Waals surface area contributed by atoms with Gasteiger partial charge in [0.25, 0.3) is 0 Å². The minimum absolute atomic E-state index is 0.144. The van der Waals surface area contributed by atoms with Gasteiger partial charge in [-0.05, 0) is 106 Å². The maximum atomic E-state index is 14.0. The second-order valence-electron chi connectivity index (χ2n) is 11.4. The van der Waals surface area contributed by atoms with E-state index in [4.69, 9.17) is 14.2 Å². The highest BCUT2D eigenvalue weighted by molar-refractivity contribution is 7.55. The van der Waals surface area contributed by atoms with Gasteiger partial charge in [0, 0.05) is 14.1 Å². The number of rotatable bonds is 15. The molecule has 44 heavy (non-hydrogen) atoms. The molecule has 0 fully saturated rings. The van der Waals surface area contributed by atoms with E-state index >= 15 is 0 Å². The third-order valence-corrected chi connectivity index (χ3v) is 9.50. The molecule has 0 amide bonds. The van der Waals surface area contributed by atoms with Gasteiger partial charge in [-0.15, -0.1) is 0 Å². The van der Waals surface area contributed by atoms with Gasteiger partial charge in [0.1, 0.15) is 23.6 Å². The fraction of sp³-hybridized carbons (Fsp3) is 0.562. The minimum atomic E-state index is -4.42. The van der Waals surface area contributed by atoms with E-state index in [2.05, 4.69) is 0 Å². The van der Waals surface area contributed by atoms with Gasteiger partial charge >= 0.3 is 19.5 Å². The van der Waals surface area contributed by atoms with Crippen LogP contribution in [0.2, 0.25) is 0 Å². The van der Waals surface area contributed by atoms with Crippen LogP contribution in [0.5, 0.6) is 11.5 Å². The van der Waals surface area contributed by atoms with Crippen molar-refractivity contribution < 1.29 is 38.4 Å². The summed E-state index contributed by atoms with van der Waals surface area (Å²) in [5, 5.41) is 12.8. The number of carbonyl (C=O) groups excluding carboxylic acids is 2. The maximum Gasteiger partial charge on any atom is 0.333 e. The largest absolute Gasteiger partial charge is 0.508 e. The number of nitrogens with zero attached hydrogens (tertiary/aromatic N) is 3. The number of ether oxygens (including phenoxy) is 3. The Morgan fingerprint density at radius 2 is 1.41 bits per heavy atom. The molecule has 11 nitrogen and oxygen atoms in total. The van der Waals surface area contributed by atoms with Crippen LogP contribution >= 0.6 is 7.52 Å². The predicted octanol–water partition coefficient (Wildman–Crippen LogP) is 5.45. The van der Waals surface area contributed by atoms with Crippen molar-refractivity contribution in [3.05, 3.63) is 57.6 Å². The lowest BCUT2D eigenvalue weighted by Gasteiger charge is -2.43. The van der Waals surface area contributed by atoms with Crippen LogP contribution < -0.4 is 4.74 Å². The van der Waals surface area contributed by atoms with Gasteiger partial charge in [-0.25, -0.2) is 10.0 Å². The first kappa shape index (κ1) is 37.2. The molecule has 2 rings (SSSR count). The Hall–Kier alpha value is -2.95. The molecule has 3 atom stereocenters. The minimum Gasteiger partial charge on any atom is -0.508 e. The number of carbonyl (C=O) groups is 2. The van der Waals surface area contributed by atoms with Crippen molar-refractivity contribution in [3.8, 4) is 11.5 Å². The molecule has 0 bridgehead atoms. The lowest BCUT2D eigenvalue weighted by atomic mass is 9.91. The first-order valence-electron chi connectivity index (χ1n) is 14.9. The van der Waals surface area contributed by atoms with Crippen molar-refractivity contribution >= 4 is 19.5 Å². The van der Waals surface area contributed by atoms with Crippen molar-refractivity contribution in [3.63, 3.8) is 0 Å². The molecule has 0 aliphatic rings. The second kappa shape index (κ2) is 15.9. The van der Waals surface area contributed by atoms with Crippen LogP contribution in [0.4, 0.5) is 0 Å². The van der Waals surface area contributed by atoms with E-state index in [-0.39, 0.29) is 24.9 Å². The summed E-state index contributed by atoms with van der Waals surface area (Å²) in [6.45, 7) is 16.7. The van der Waals surface area contributed by atoms with Crippen LogP contribution in [0.15, 0.2) is 24.3 Å². The number of aryl methyl sites for hydroxylation is 1. The fourth-order valence-electron chi connectivity index (χ4n) is 4.91. The molecular formula is C32H50N3O8P. The van der Waals surface area contributed by atoms with Gasteiger partial charge in [0.2, 0.25) is 0 Å². The third-order valence-electron chi connectivity index (χ3n) is 7.91. The number of aromatic hydroxyl groups is 1. The molecule has 0 aliphatic heterocycles. The molecule has 0 aliphatic carbocycles. The quantitative estimate of drug-likeness (QED) is 0.147. The highest BCUT2D eigenvalue weighted by Crippen LogP contribution is 2.48. The van der Waals surface area contributed by atoms with E-state index in [1.165, 1.54) is 24.1 Å². The van der Waals surface area contributed by atoms with E-state index in [9.17, 15) is 24.2 Å². The molecular weight excluding hydrogens is 585 g/mol. The zero-order chi connectivity index (χ0) is 33.5. The topological polar surface area (TPSA) is 129 Å². The Balaban J connectivity index is 2.41. The summed E-state index contributed by atoms with van der Waals surface area (Å²) in [5.41, 5.74) is 5.83. The summed E-state index contributed by atoms with van der Waals surface area (Å²) < 4.78 is 30.3.